The van der Waals surface area contributed by atoms with Crippen LogP contribution >= 0.6 is 11.3 Å². The van der Waals surface area contributed by atoms with Gasteiger partial charge in [-0.05, 0) is 24.8 Å². The van der Waals surface area contributed by atoms with Crippen molar-refractivity contribution in [3.05, 3.63) is 40.1 Å². The van der Waals surface area contributed by atoms with E-state index in [4.69, 9.17) is 14.2 Å². The number of guanidine groups is 1. The standard InChI is InChI=1S/C19H27N3O3S/c1-5-20-19(21-9-8-15-7-6-10-26-15)22-13-16-17(24-3)11-14(23-2)12-18(16)25-4/h6-7,10-12H,5,8-9,13H2,1-4H3,(H2,20,21,22). The summed E-state index contributed by atoms with van der Waals surface area (Å²) in [5.41, 5.74) is 0.881. The Balaban J connectivity index is 2.09. The van der Waals surface area contributed by atoms with Gasteiger partial charge in [-0.3, -0.25) is 0 Å². The first-order valence-corrected chi connectivity index (χ1v) is 9.43. The molecule has 0 atom stereocenters. The molecule has 0 aliphatic carbocycles. The fourth-order valence-corrected chi connectivity index (χ4v) is 3.20. The van der Waals surface area contributed by atoms with Crippen LogP contribution in [0.25, 0.3) is 0 Å². The summed E-state index contributed by atoms with van der Waals surface area (Å²) >= 11 is 1.77. The van der Waals surface area contributed by atoms with E-state index in [0.717, 1.165) is 31.0 Å². The molecule has 0 aliphatic rings. The van der Waals surface area contributed by atoms with E-state index >= 15 is 0 Å². The number of ether oxygens (including phenoxy) is 3. The number of aliphatic imine (C=N–C) groups is 1. The minimum atomic E-state index is 0.435. The first-order chi connectivity index (χ1) is 12.7. The SMILES string of the molecule is CCNC(=NCc1c(OC)cc(OC)cc1OC)NCCc1cccs1. The summed E-state index contributed by atoms with van der Waals surface area (Å²) < 4.78 is 16.3. The van der Waals surface area contributed by atoms with E-state index < -0.39 is 0 Å². The number of rotatable bonds is 9. The van der Waals surface area contributed by atoms with Gasteiger partial charge in [0.1, 0.15) is 17.2 Å². The molecule has 2 N–H and O–H groups in total. The zero-order valence-electron chi connectivity index (χ0n) is 15.8. The van der Waals surface area contributed by atoms with Crippen molar-refractivity contribution in [1.29, 1.82) is 0 Å². The molecule has 0 unspecified atom stereocenters. The summed E-state index contributed by atoms with van der Waals surface area (Å²) in [5, 5.41) is 8.73. The van der Waals surface area contributed by atoms with Crippen molar-refractivity contribution >= 4 is 17.3 Å². The van der Waals surface area contributed by atoms with Gasteiger partial charge in [0, 0.05) is 30.1 Å². The highest BCUT2D eigenvalue weighted by Crippen LogP contribution is 2.34. The zero-order chi connectivity index (χ0) is 18.8. The molecule has 0 amide bonds. The fourth-order valence-electron chi connectivity index (χ4n) is 2.49. The summed E-state index contributed by atoms with van der Waals surface area (Å²) in [6.07, 6.45) is 0.970. The summed E-state index contributed by atoms with van der Waals surface area (Å²) in [6.45, 7) is 4.10. The highest BCUT2D eigenvalue weighted by Gasteiger charge is 2.13. The number of hydrogen-bond donors (Lipinski definition) is 2. The Labute approximate surface area is 159 Å². The molecule has 0 saturated heterocycles. The van der Waals surface area contributed by atoms with Crippen LogP contribution in [0.3, 0.4) is 0 Å². The topological polar surface area (TPSA) is 64.1 Å². The Bertz CT molecular complexity index is 677. The molecule has 1 aromatic carbocycles. The third-order valence-corrected chi connectivity index (χ3v) is 4.74. The number of methoxy groups -OCH3 is 3. The first-order valence-electron chi connectivity index (χ1n) is 8.55. The minimum Gasteiger partial charge on any atom is -0.496 e. The predicted molar refractivity (Wildman–Crippen MR) is 107 cm³/mol. The minimum absolute atomic E-state index is 0.435. The first kappa shape index (κ1) is 19.9. The van der Waals surface area contributed by atoms with Crippen molar-refractivity contribution in [3.63, 3.8) is 0 Å². The average Bonchev–Trinajstić information content (AvgIpc) is 3.18. The van der Waals surface area contributed by atoms with Gasteiger partial charge in [-0.1, -0.05) is 6.07 Å². The number of thiophene rings is 1. The van der Waals surface area contributed by atoms with Crippen molar-refractivity contribution in [3.8, 4) is 17.2 Å². The van der Waals surface area contributed by atoms with E-state index in [1.54, 1.807) is 32.7 Å². The summed E-state index contributed by atoms with van der Waals surface area (Å²) in [6, 6.07) is 7.89. The summed E-state index contributed by atoms with van der Waals surface area (Å²) in [5.74, 6) is 2.84. The van der Waals surface area contributed by atoms with E-state index in [2.05, 4.69) is 33.1 Å². The Morgan fingerprint density at radius 3 is 2.35 bits per heavy atom. The molecule has 1 aromatic heterocycles. The third-order valence-electron chi connectivity index (χ3n) is 3.80. The van der Waals surface area contributed by atoms with Gasteiger partial charge < -0.3 is 24.8 Å². The zero-order valence-corrected chi connectivity index (χ0v) is 16.6. The molecule has 0 radical (unpaired) electrons. The van der Waals surface area contributed by atoms with Crippen LogP contribution in [0.5, 0.6) is 17.2 Å². The molecule has 0 aliphatic heterocycles. The lowest BCUT2D eigenvalue weighted by Crippen LogP contribution is -2.38. The summed E-state index contributed by atoms with van der Waals surface area (Å²) in [7, 11) is 4.88. The lowest BCUT2D eigenvalue weighted by molar-refractivity contribution is 0.369. The molecule has 2 aromatic rings. The van der Waals surface area contributed by atoms with Gasteiger partial charge in [0.25, 0.3) is 0 Å². The van der Waals surface area contributed by atoms with Gasteiger partial charge in [0.15, 0.2) is 5.96 Å². The highest BCUT2D eigenvalue weighted by molar-refractivity contribution is 7.09. The molecule has 7 heteroatoms. The highest BCUT2D eigenvalue weighted by atomic mass is 32.1. The lowest BCUT2D eigenvalue weighted by Gasteiger charge is -2.15. The van der Waals surface area contributed by atoms with Gasteiger partial charge >= 0.3 is 0 Å². The maximum atomic E-state index is 5.48. The molecule has 142 valence electrons. The van der Waals surface area contributed by atoms with Gasteiger partial charge in [-0.2, -0.15) is 0 Å². The molecule has 26 heavy (non-hydrogen) atoms. The Morgan fingerprint density at radius 1 is 1.08 bits per heavy atom. The Hall–Kier alpha value is -2.41. The number of nitrogens with zero attached hydrogens (tertiary/aromatic N) is 1. The Morgan fingerprint density at radius 2 is 1.81 bits per heavy atom. The van der Waals surface area contributed by atoms with E-state index in [1.165, 1.54) is 4.88 Å². The van der Waals surface area contributed by atoms with Crippen molar-refractivity contribution in [2.24, 2.45) is 4.99 Å². The molecule has 6 nitrogen and oxygen atoms in total. The van der Waals surface area contributed by atoms with E-state index in [0.29, 0.717) is 23.8 Å². The van der Waals surface area contributed by atoms with Crippen molar-refractivity contribution in [2.45, 2.75) is 19.9 Å². The lowest BCUT2D eigenvalue weighted by atomic mass is 10.1. The molecule has 0 fully saturated rings. The van der Waals surface area contributed by atoms with Crippen LogP contribution in [0.2, 0.25) is 0 Å². The van der Waals surface area contributed by atoms with Gasteiger partial charge in [0.2, 0.25) is 0 Å². The molecule has 2 rings (SSSR count). The number of benzene rings is 1. The monoisotopic (exact) mass is 377 g/mol. The predicted octanol–water partition coefficient (Wildman–Crippen LogP) is 3.07. The third kappa shape index (κ3) is 5.56. The fraction of sp³-hybridized carbons (Fsp3) is 0.421. The molecular weight excluding hydrogens is 350 g/mol. The van der Waals surface area contributed by atoms with Crippen LogP contribution in [0.15, 0.2) is 34.6 Å². The van der Waals surface area contributed by atoms with E-state index in [-0.39, 0.29) is 0 Å². The Kier molecular flexibility index (Phi) is 8.08. The van der Waals surface area contributed by atoms with Crippen molar-refractivity contribution < 1.29 is 14.2 Å². The second kappa shape index (κ2) is 10.6. The maximum absolute atomic E-state index is 5.48. The van der Waals surface area contributed by atoms with Crippen molar-refractivity contribution in [1.82, 2.24) is 10.6 Å². The normalized spacial score (nSPS) is 11.2. The van der Waals surface area contributed by atoms with Crippen LogP contribution in [-0.2, 0) is 13.0 Å². The van der Waals surface area contributed by atoms with Crippen LogP contribution in [0, 0.1) is 0 Å². The van der Waals surface area contributed by atoms with Crippen LogP contribution in [0.4, 0.5) is 0 Å². The van der Waals surface area contributed by atoms with E-state index in [1.807, 2.05) is 19.1 Å². The van der Waals surface area contributed by atoms with Crippen LogP contribution < -0.4 is 24.8 Å². The number of nitrogens with one attached hydrogen (secondary N) is 2. The molecule has 0 saturated carbocycles. The second-order valence-electron chi connectivity index (χ2n) is 5.46. The molecule has 1 heterocycles. The van der Waals surface area contributed by atoms with Gasteiger partial charge in [-0.25, -0.2) is 4.99 Å². The largest absolute Gasteiger partial charge is 0.496 e. The quantitative estimate of drug-likeness (QED) is 0.519. The van der Waals surface area contributed by atoms with Crippen molar-refractivity contribution in [2.75, 3.05) is 34.4 Å². The molecular formula is C19H27N3O3S. The van der Waals surface area contributed by atoms with Gasteiger partial charge in [0.05, 0.1) is 33.4 Å². The second-order valence-corrected chi connectivity index (χ2v) is 6.49. The molecule has 0 spiro atoms. The summed E-state index contributed by atoms with van der Waals surface area (Å²) in [4.78, 5) is 6.03. The van der Waals surface area contributed by atoms with E-state index in [9.17, 15) is 0 Å². The number of hydrogen-bond acceptors (Lipinski definition) is 5. The molecule has 0 bridgehead atoms. The maximum Gasteiger partial charge on any atom is 0.191 e. The van der Waals surface area contributed by atoms with Gasteiger partial charge in [-0.15, -0.1) is 11.3 Å². The smallest absolute Gasteiger partial charge is 0.191 e. The van der Waals surface area contributed by atoms with Crippen LogP contribution in [0.1, 0.15) is 17.4 Å². The van der Waals surface area contributed by atoms with Crippen LogP contribution in [-0.4, -0.2) is 40.4 Å². The average molecular weight is 378 g/mol.